The molecule has 1 radical (unpaired) electrons. The van der Waals surface area contributed by atoms with Crippen LogP contribution < -0.4 is 21.2 Å². The minimum absolute atomic E-state index is 0.0425. The number of carbonyl (C=O) groups excluding carboxylic acids is 1. The number of nitrogens with one attached hydrogen (secondary N) is 1. The van der Waals surface area contributed by atoms with Crippen molar-refractivity contribution >= 4 is 29.1 Å². The summed E-state index contributed by atoms with van der Waals surface area (Å²) in [6.45, 7) is 14.4. The number of hydrogen-bond acceptors (Lipinski definition) is 2. The van der Waals surface area contributed by atoms with E-state index in [9.17, 15) is 10.0 Å². The second-order valence-corrected chi connectivity index (χ2v) is 17.1. The number of unbranched alkanes of at least 4 members (excludes halogenated alkanes) is 2. The normalized spacial score (nSPS) is 17.4. The summed E-state index contributed by atoms with van der Waals surface area (Å²) >= 11 is 0. The number of benzene rings is 3. The van der Waals surface area contributed by atoms with E-state index in [-0.39, 0.29) is 11.9 Å². The lowest BCUT2D eigenvalue weighted by molar-refractivity contribution is -0.290. The summed E-state index contributed by atoms with van der Waals surface area (Å²) in [5, 5.41) is 21.4. The van der Waals surface area contributed by atoms with Crippen LogP contribution in [-0.2, 0) is 10.0 Å². The van der Waals surface area contributed by atoms with Crippen molar-refractivity contribution in [3.05, 3.63) is 89.5 Å². The highest BCUT2D eigenvalue weighted by molar-refractivity contribution is 7.95. The monoisotopic (exact) mass is 572 g/mol. The smallest absolute Gasteiger partial charge is 0.220 e. The summed E-state index contributed by atoms with van der Waals surface area (Å²) in [5.41, 5.74) is 2.87. The van der Waals surface area contributed by atoms with Crippen molar-refractivity contribution in [2.45, 2.75) is 104 Å². The number of hydrogen-bond donors (Lipinski definition) is 1. The van der Waals surface area contributed by atoms with E-state index >= 15 is 0 Å². The van der Waals surface area contributed by atoms with Crippen molar-refractivity contribution in [3.8, 4) is 0 Å². The van der Waals surface area contributed by atoms with E-state index in [0.29, 0.717) is 19.3 Å². The molecule has 1 saturated heterocycles. The average molecular weight is 573 g/mol. The van der Waals surface area contributed by atoms with Crippen LogP contribution in [0.15, 0.2) is 72.8 Å². The third-order valence-electron chi connectivity index (χ3n) is 8.78. The van der Waals surface area contributed by atoms with Crippen LogP contribution >= 0.6 is 7.26 Å². The molecule has 0 bridgehead atoms. The van der Waals surface area contributed by atoms with Gasteiger partial charge in [-0.15, -0.1) is 10.3 Å². The van der Waals surface area contributed by atoms with Gasteiger partial charge in [0.1, 0.15) is 23.2 Å². The molecule has 1 aliphatic heterocycles. The number of carbonyl (C=O) groups is 1. The molecule has 3 aromatic carbocycles. The molecule has 3 aromatic rings. The van der Waals surface area contributed by atoms with E-state index in [0.717, 1.165) is 25.4 Å². The molecule has 41 heavy (non-hydrogen) atoms. The maximum Gasteiger partial charge on any atom is 0.220 e. The molecular weight excluding hydrogens is 523 g/mol. The topological polar surface area (TPSA) is 52.2 Å². The highest BCUT2D eigenvalue weighted by Crippen LogP contribution is 2.56. The predicted molar refractivity (Wildman–Crippen MR) is 175 cm³/mol. The van der Waals surface area contributed by atoms with Crippen LogP contribution in [-0.4, -0.2) is 34.3 Å². The highest BCUT2D eigenvalue weighted by Gasteiger charge is 2.47. The van der Waals surface area contributed by atoms with Gasteiger partial charge in [-0.25, -0.2) is 0 Å². The quantitative estimate of drug-likeness (QED) is 0.211. The molecule has 1 amide bonds. The molecule has 5 heteroatoms. The predicted octanol–water partition coefficient (Wildman–Crippen LogP) is 6.95. The first-order chi connectivity index (χ1) is 19.3. The van der Waals surface area contributed by atoms with Crippen molar-refractivity contribution < 1.29 is 10.0 Å². The van der Waals surface area contributed by atoms with Gasteiger partial charge in [0.15, 0.2) is 0 Å². The lowest BCUT2D eigenvalue weighted by Crippen LogP contribution is -2.62. The molecule has 1 heterocycles. The van der Waals surface area contributed by atoms with Crippen molar-refractivity contribution in [1.82, 2.24) is 10.4 Å². The number of hydroxylamine groups is 2. The molecule has 1 fully saturated rings. The van der Waals surface area contributed by atoms with Gasteiger partial charge in [0, 0.05) is 23.5 Å². The van der Waals surface area contributed by atoms with E-state index in [1.54, 1.807) is 0 Å². The zero-order chi connectivity index (χ0) is 29.8. The van der Waals surface area contributed by atoms with Gasteiger partial charge in [0.2, 0.25) is 5.91 Å². The van der Waals surface area contributed by atoms with Gasteiger partial charge < -0.3 is 5.32 Å². The summed E-state index contributed by atoms with van der Waals surface area (Å²) < 4.78 is 0. The highest BCUT2D eigenvalue weighted by atomic mass is 31.2. The van der Waals surface area contributed by atoms with Crippen LogP contribution in [0.4, 0.5) is 0 Å². The van der Waals surface area contributed by atoms with Crippen molar-refractivity contribution in [1.29, 1.82) is 0 Å². The van der Waals surface area contributed by atoms with E-state index in [4.69, 9.17) is 0 Å². The minimum Gasteiger partial charge on any atom is -0.353 e. The van der Waals surface area contributed by atoms with E-state index in [2.05, 4.69) is 98.9 Å². The van der Waals surface area contributed by atoms with Crippen LogP contribution in [0, 0.1) is 20.8 Å². The second kappa shape index (κ2) is 12.8. The lowest BCUT2D eigenvalue weighted by atomic mass is 9.79. The Morgan fingerprint density at radius 2 is 1.10 bits per heavy atom. The molecule has 0 aromatic heterocycles. The van der Waals surface area contributed by atoms with Crippen LogP contribution in [0.3, 0.4) is 0 Å². The minimum atomic E-state index is -1.88. The maximum atomic E-state index is 12.9. The maximum absolute atomic E-state index is 12.9. The number of piperidine rings is 1. The Balaban J connectivity index is 1.47. The summed E-state index contributed by atoms with van der Waals surface area (Å²) in [6, 6.07) is 27.6. The van der Waals surface area contributed by atoms with Crippen LogP contribution in [0.1, 0.15) is 82.9 Å². The molecule has 0 aliphatic carbocycles. The Labute approximate surface area is 248 Å². The summed E-state index contributed by atoms with van der Waals surface area (Å²) in [5.74, 6) is 0.109. The molecule has 4 nitrogen and oxygen atoms in total. The Kier molecular flexibility index (Phi) is 9.79. The second-order valence-electron chi connectivity index (χ2n) is 13.4. The average Bonchev–Trinajstić information content (AvgIpc) is 2.91. The molecule has 0 unspecified atom stereocenters. The Morgan fingerprint density at radius 1 is 0.707 bits per heavy atom. The van der Waals surface area contributed by atoms with Gasteiger partial charge in [0.25, 0.3) is 0 Å². The fourth-order valence-corrected chi connectivity index (χ4v) is 11.0. The molecule has 1 aliphatic rings. The Hall–Kier alpha value is -2.52. The summed E-state index contributed by atoms with van der Waals surface area (Å²) in [6.07, 6.45) is 5.91. The molecule has 4 rings (SSSR count). The number of rotatable bonds is 10. The van der Waals surface area contributed by atoms with Crippen molar-refractivity contribution in [2.24, 2.45) is 0 Å². The molecule has 219 valence electrons. The first-order valence-corrected chi connectivity index (χ1v) is 17.2. The van der Waals surface area contributed by atoms with Crippen molar-refractivity contribution in [3.63, 3.8) is 0 Å². The van der Waals surface area contributed by atoms with Gasteiger partial charge >= 0.3 is 0 Å². The lowest BCUT2D eigenvalue weighted by Gasteiger charge is -2.50. The SMILES string of the molecule is Cc1ccc([P+](CCCCCC(=O)NC2CC(C)(C)N([O])C(C)(C)C2)(c2ccc(C)cc2)c2ccc(C)cc2)cc1. The molecule has 1 N–H and O–H groups in total. The Morgan fingerprint density at radius 3 is 1.49 bits per heavy atom. The molecule has 0 saturated carbocycles. The Bertz CT molecular complexity index is 1170. The van der Waals surface area contributed by atoms with Gasteiger partial charge in [-0.3, -0.25) is 4.79 Å². The summed E-state index contributed by atoms with van der Waals surface area (Å²) in [7, 11) is -1.88. The van der Waals surface area contributed by atoms with Gasteiger partial charge in [0.05, 0.1) is 6.16 Å². The van der Waals surface area contributed by atoms with E-state index in [1.807, 2.05) is 27.7 Å². The molecular formula is C36H49N2O2P+. The van der Waals surface area contributed by atoms with Crippen LogP contribution in [0.5, 0.6) is 0 Å². The van der Waals surface area contributed by atoms with Crippen molar-refractivity contribution in [2.75, 3.05) is 6.16 Å². The zero-order valence-electron chi connectivity index (χ0n) is 26.2. The largest absolute Gasteiger partial charge is 0.353 e. The number of aryl methyl sites for hydroxylation is 3. The fraction of sp³-hybridized carbons (Fsp3) is 0.472. The summed E-state index contributed by atoms with van der Waals surface area (Å²) in [4.78, 5) is 12.9. The number of amides is 1. The first kappa shape index (κ1) is 31.4. The third kappa shape index (κ3) is 7.28. The standard InChI is InChI=1S/C36H48N2O2P/c1-27-12-18-31(19-13-27)41(32-20-14-28(2)15-21-32,33-22-16-29(3)17-23-33)24-10-8-9-11-34(39)37-30-25-35(4,5)38(40)36(6,7)26-30/h12-23,30H,8-11,24-26H2,1-7H3/p+1. The van der Waals surface area contributed by atoms with Gasteiger partial charge in [-0.05, 0) is 117 Å². The van der Waals surface area contributed by atoms with Crippen LogP contribution in [0.2, 0.25) is 0 Å². The fourth-order valence-electron chi connectivity index (χ4n) is 6.71. The number of nitrogens with zero attached hydrogens (tertiary/aromatic N) is 1. The molecule has 0 atom stereocenters. The molecule has 0 spiro atoms. The van der Waals surface area contributed by atoms with E-state index in [1.165, 1.54) is 37.7 Å². The van der Waals surface area contributed by atoms with Crippen LogP contribution in [0.25, 0.3) is 0 Å². The third-order valence-corrected chi connectivity index (χ3v) is 13.3. The zero-order valence-corrected chi connectivity index (χ0v) is 27.1. The first-order valence-electron chi connectivity index (χ1n) is 15.2. The van der Waals surface area contributed by atoms with Gasteiger partial charge in [-0.1, -0.05) is 53.1 Å². The van der Waals surface area contributed by atoms with Gasteiger partial charge in [-0.2, -0.15) is 0 Å². The van der Waals surface area contributed by atoms with E-state index < -0.39 is 18.3 Å².